The first-order valence-electron chi connectivity index (χ1n) is 15.7. The van der Waals surface area contributed by atoms with Crippen molar-refractivity contribution >= 4 is 16.5 Å². The SMILES string of the molecule is CCCCCCCCCCCCOc1ccc(-c2nnc(N)s2)cc1OCCCCCCCCCCCC. The van der Waals surface area contributed by atoms with Crippen LogP contribution in [0, 0.1) is 0 Å². The standard InChI is InChI=1S/C32H55N3O2S/c1-3-5-7-9-11-13-15-17-19-21-25-36-29-24-23-28(31-34-35-32(33)38-31)27-30(29)37-26-22-20-18-16-14-12-10-8-6-4-2/h23-24,27H,3-22,25-26H2,1-2H3,(H2,33,35). The first-order valence-corrected chi connectivity index (χ1v) is 16.5. The molecule has 0 amide bonds. The van der Waals surface area contributed by atoms with Crippen LogP contribution in [0.5, 0.6) is 11.5 Å². The molecule has 0 saturated heterocycles. The van der Waals surface area contributed by atoms with Crippen molar-refractivity contribution in [2.24, 2.45) is 0 Å². The molecule has 38 heavy (non-hydrogen) atoms. The molecule has 0 atom stereocenters. The van der Waals surface area contributed by atoms with Crippen LogP contribution < -0.4 is 15.2 Å². The predicted octanol–water partition coefficient (Wildman–Crippen LogP) is 10.4. The molecular formula is C32H55N3O2S. The van der Waals surface area contributed by atoms with Crippen LogP contribution in [0.2, 0.25) is 0 Å². The lowest BCUT2D eigenvalue weighted by Gasteiger charge is -2.14. The minimum atomic E-state index is 0.481. The highest BCUT2D eigenvalue weighted by Crippen LogP contribution is 2.34. The van der Waals surface area contributed by atoms with Gasteiger partial charge in [0.2, 0.25) is 5.13 Å². The van der Waals surface area contributed by atoms with Gasteiger partial charge in [0, 0.05) is 5.56 Å². The zero-order valence-electron chi connectivity index (χ0n) is 24.5. The highest BCUT2D eigenvalue weighted by atomic mass is 32.1. The zero-order valence-corrected chi connectivity index (χ0v) is 25.3. The largest absolute Gasteiger partial charge is 0.490 e. The predicted molar refractivity (Wildman–Crippen MR) is 164 cm³/mol. The minimum Gasteiger partial charge on any atom is -0.490 e. The Morgan fingerprint density at radius 2 is 1.03 bits per heavy atom. The van der Waals surface area contributed by atoms with Crippen molar-refractivity contribution < 1.29 is 9.47 Å². The number of unbranched alkanes of at least 4 members (excludes halogenated alkanes) is 18. The van der Waals surface area contributed by atoms with Crippen LogP contribution in [-0.2, 0) is 0 Å². The Bertz CT molecular complexity index is 827. The number of hydrogen-bond acceptors (Lipinski definition) is 6. The maximum Gasteiger partial charge on any atom is 0.203 e. The van der Waals surface area contributed by atoms with Crippen LogP contribution >= 0.6 is 11.3 Å². The van der Waals surface area contributed by atoms with Crippen LogP contribution in [0.15, 0.2) is 18.2 Å². The summed E-state index contributed by atoms with van der Waals surface area (Å²) in [5.41, 5.74) is 6.78. The molecule has 2 aromatic rings. The lowest BCUT2D eigenvalue weighted by atomic mass is 10.1. The molecule has 1 aromatic carbocycles. The Labute approximate surface area is 237 Å². The number of anilines is 1. The maximum atomic E-state index is 6.23. The molecule has 6 heteroatoms. The lowest BCUT2D eigenvalue weighted by Crippen LogP contribution is -2.03. The molecule has 0 radical (unpaired) electrons. The fourth-order valence-electron chi connectivity index (χ4n) is 4.77. The van der Waals surface area contributed by atoms with Crippen molar-refractivity contribution in [1.29, 1.82) is 0 Å². The van der Waals surface area contributed by atoms with Crippen LogP contribution in [0.4, 0.5) is 5.13 Å². The smallest absolute Gasteiger partial charge is 0.203 e. The summed E-state index contributed by atoms with van der Waals surface area (Å²) in [7, 11) is 0. The quantitative estimate of drug-likeness (QED) is 0.126. The van der Waals surface area contributed by atoms with Gasteiger partial charge in [0.05, 0.1) is 13.2 Å². The van der Waals surface area contributed by atoms with E-state index in [1.54, 1.807) is 0 Å². The van der Waals surface area contributed by atoms with E-state index in [-0.39, 0.29) is 0 Å². The molecule has 0 aliphatic carbocycles. The Kier molecular flexibility index (Phi) is 18.8. The molecule has 0 aliphatic rings. The molecule has 1 heterocycles. The van der Waals surface area contributed by atoms with E-state index in [0.29, 0.717) is 11.7 Å². The van der Waals surface area contributed by atoms with Crippen molar-refractivity contribution in [3.05, 3.63) is 18.2 Å². The number of hydrogen-bond donors (Lipinski definition) is 1. The van der Waals surface area contributed by atoms with Gasteiger partial charge in [-0.2, -0.15) is 0 Å². The van der Waals surface area contributed by atoms with Gasteiger partial charge in [-0.1, -0.05) is 141 Å². The minimum absolute atomic E-state index is 0.481. The molecule has 0 aliphatic heterocycles. The zero-order chi connectivity index (χ0) is 27.1. The summed E-state index contributed by atoms with van der Waals surface area (Å²) in [4.78, 5) is 0. The van der Waals surface area contributed by atoms with E-state index in [4.69, 9.17) is 15.2 Å². The summed E-state index contributed by atoms with van der Waals surface area (Å²) in [5.74, 6) is 1.63. The fraction of sp³-hybridized carbons (Fsp3) is 0.750. The first kappa shape index (κ1) is 32.4. The van der Waals surface area contributed by atoms with Gasteiger partial charge < -0.3 is 15.2 Å². The lowest BCUT2D eigenvalue weighted by molar-refractivity contribution is 0.258. The van der Waals surface area contributed by atoms with E-state index >= 15 is 0 Å². The van der Waals surface area contributed by atoms with Gasteiger partial charge in [-0.05, 0) is 31.0 Å². The van der Waals surface area contributed by atoms with Gasteiger partial charge in [-0.3, -0.25) is 0 Å². The van der Waals surface area contributed by atoms with E-state index < -0.39 is 0 Å². The van der Waals surface area contributed by atoms with E-state index in [0.717, 1.165) is 41.5 Å². The molecule has 0 saturated carbocycles. The summed E-state index contributed by atoms with van der Waals surface area (Å²) >= 11 is 1.40. The van der Waals surface area contributed by atoms with Crippen molar-refractivity contribution in [3.63, 3.8) is 0 Å². The summed E-state index contributed by atoms with van der Waals surface area (Å²) in [5, 5.41) is 9.45. The van der Waals surface area contributed by atoms with Crippen molar-refractivity contribution in [3.8, 4) is 22.1 Å². The van der Waals surface area contributed by atoms with Crippen LogP contribution in [0.1, 0.15) is 142 Å². The molecule has 0 unspecified atom stereocenters. The molecule has 216 valence electrons. The average molecular weight is 546 g/mol. The summed E-state index contributed by atoms with van der Waals surface area (Å²) in [6, 6.07) is 6.07. The third kappa shape index (κ3) is 14.9. The molecule has 2 rings (SSSR count). The second-order valence-electron chi connectivity index (χ2n) is 10.7. The monoisotopic (exact) mass is 545 g/mol. The number of benzene rings is 1. The molecule has 5 nitrogen and oxygen atoms in total. The molecule has 2 N–H and O–H groups in total. The first-order chi connectivity index (χ1) is 18.7. The van der Waals surface area contributed by atoms with E-state index in [1.165, 1.54) is 127 Å². The second kappa shape index (κ2) is 22.0. The van der Waals surface area contributed by atoms with E-state index in [9.17, 15) is 0 Å². The second-order valence-corrected chi connectivity index (χ2v) is 11.7. The van der Waals surface area contributed by atoms with Crippen LogP contribution in [0.3, 0.4) is 0 Å². The summed E-state index contributed by atoms with van der Waals surface area (Å²) in [6.45, 7) is 6.00. The fourth-order valence-corrected chi connectivity index (χ4v) is 5.37. The van der Waals surface area contributed by atoms with Gasteiger partial charge in [0.15, 0.2) is 11.5 Å². The van der Waals surface area contributed by atoms with Crippen molar-refractivity contribution in [2.75, 3.05) is 18.9 Å². The van der Waals surface area contributed by atoms with E-state index in [2.05, 4.69) is 24.0 Å². The Morgan fingerprint density at radius 3 is 1.47 bits per heavy atom. The normalized spacial score (nSPS) is 11.2. The number of rotatable bonds is 25. The van der Waals surface area contributed by atoms with Crippen molar-refractivity contribution in [1.82, 2.24) is 10.2 Å². The number of aromatic nitrogens is 2. The molecular weight excluding hydrogens is 490 g/mol. The summed E-state index contributed by atoms with van der Waals surface area (Å²) < 4.78 is 12.4. The Balaban J connectivity index is 1.69. The third-order valence-electron chi connectivity index (χ3n) is 7.14. The molecule has 0 fully saturated rings. The van der Waals surface area contributed by atoms with Gasteiger partial charge >= 0.3 is 0 Å². The average Bonchev–Trinajstić information content (AvgIpc) is 3.37. The topological polar surface area (TPSA) is 70.3 Å². The van der Waals surface area contributed by atoms with E-state index in [1.807, 2.05) is 18.2 Å². The maximum absolute atomic E-state index is 6.23. The molecule has 0 bridgehead atoms. The number of ether oxygens (including phenoxy) is 2. The third-order valence-corrected chi connectivity index (χ3v) is 7.94. The molecule has 1 aromatic heterocycles. The number of nitrogens with zero attached hydrogens (tertiary/aromatic N) is 2. The summed E-state index contributed by atoms with van der Waals surface area (Å²) in [6.07, 6.45) is 26.4. The van der Waals surface area contributed by atoms with Crippen molar-refractivity contribution in [2.45, 2.75) is 142 Å². The Hall–Kier alpha value is -1.82. The highest BCUT2D eigenvalue weighted by molar-refractivity contribution is 7.18. The highest BCUT2D eigenvalue weighted by Gasteiger charge is 2.11. The Morgan fingerprint density at radius 1 is 0.579 bits per heavy atom. The number of nitrogens with two attached hydrogens (primary N) is 1. The number of nitrogen functional groups attached to an aromatic ring is 1. The molecule has 0 spiro atoms. The van der Waals surface area contributed by atoms with Crippen LogP contribution in [0.25, 0.3) is 10.6 Å². The van der Waals surface area contributed by atoms with Crippen LogP contribution in [-0.4, -0.2) is 23.4 Å². The van der Waals surface area contributed by atoms with Gasteiger partial charge in [-0.15, -0.1) is 10.2 Å². The van der Waals surface area contributed by atoms with Gasteiger partial charge in [0.25, 0.3) is 0 Å². The van der Waals surface area contributed by atoms with Gasteiger partial charge in [-0.25, -0.2) is 0 Å². The van der Waals surface area contributed by atoms with Gasteiger partial charge in [0.1, 0.15) is 5.01 Å².